The first-order chi connectivity index (χ1) is 12.3. The number of rotatable bonds is 4. The lowest BCUT2D eigenvalue weighted by atomic mass is 10.0. The van der Waals surface area contributed by atoms with Gasteiger partial charge in [-0.1, -0.05) is 61.2 Å². The molecule has 0 bridgehead atoms. The van der Waals surface area contributed by atoms with Gasteiger partial charge in [-0.25, -0.2) is 0 Å². The van der Waals surface area contributed by atoms with Gasteiger partial charge >= 0.3 is 0 Å². The largest absolute Gasteiger partial charge is 0.394 e. The van der Waals surface area contributed by atoms with Crippen LogP contribution in [0.5, 0.6) is 0 Å². The maximum Gasteiger partial charge on any atom is 0.0619 e. The van der Waals surface area contributed by atoms with Gasteiger partial charge in [-0.05, 0) is 36.0 Å². The summed E-state index contributed by atoms with van der Waals surface area (Å²) in [6.07, 6.45) is 3.93. The highest BCUT2D eigenvalue weighted by Gasteiger charge is 2.15. The minimum Gasteiger partial charge on any atom is -0.394 e. The molecule has 0 radical (unpaired) electrons. The monoisotopic (exact) mass is 324 g/mol. The summed E-state index contributed by atoms with van der Waals surface area (Å²) in [4.78, 5) is 0. The molecule has 0 saturated carbocycles. The van der Waals surface area contributed by atoms with E-state index in [4.69, 9.17) is 0 Å². The Balaban J connectivity index is 2.13. The van der Waals surface area contributed by atoms with Crippen LogP contribution in [0.1, 0.15) is 5.56 Å². The normalized spacial score (nSPS) is 11.4. The molecule has 0 atom stereocenters. The summed E-state index contributed by atoms with van der Waals surface area (Å²) in [5, 5.41) is 5.55. The Labute approximate surface area is 147 Å². The second-order valence-corrected chi connectivity index (χ2v) is 6.04. The van der Waals surface area contributed by atoms with E-state index < -0.39 is 0 Å². The van der Waals surface area contributed by atoms with Gasteiger partial charge in [0.2, 0.25) is 0 Å². The summed E-state index contributed by atoms with van der Waals surface area (Å²) in [5.41, 5.74) is 5.69. The fourth-order valence-electron chi connectivity index (χ4n) is 3.40. The third kappa shape index (κ3) is 2.52. The van der Waals surface area contributed by atoms with Gasteiger partial charge in [0.1, 0.15) is 0 Å². The Morgan fingerprint density at radius 3 is 2.40 bits per heavy atom. The molecule has 25 heavy (non-hydrogen) atoms. The molecule has 0 fully saturated rings. The third-order valence-electron chi connectivity index (χ3n) is 4.51. The molecule has 0 aliphatic carbocycles. The molecule has 4 aromatic rings. The number of allylic oxidation sites excluding steroid dienone is 2. The lowest BCUT2D eigenvalue weighted by molar-refractivity contribution is 1.10. The molecule has 1 N–H and O–H groups in total. The summed E-state index contributed by atoms with van der Waals surface area (Å²) < 4.78 is 2.33. The van der Waals surface area contributed by atoms with Crippen molar-refractivity contribution in [1.29, 1.82) is 0 Å². The predicted octanol–water partition coefficient (Wildman–Crippen LogP) is 5.53. The second kappa shape index (κ2) is 6.33. The number of nitrogens with one attached hydrogen (secondary N) is 1. The van der Waals surface area contributed by atoms with E-state index in [0.717, 1.165) is 16.8 Å². The number of hydrogen-bond donors (Lipinski definition) is 1. The van der Waals surface area contributed by atoms with E-state index in [1.165, 1.54) is 21.8 Å². The minimum atomic E-state index is 0.986. The molecule has 3 aromatic carbocycles. The van der Waals surface area contributed by atoms with E-state index in [0.29, 0.717) is 0 Å². The average molecular weight is 324 g/mol. The minimum absolute atomic E-state index is 0.986. The van der Waals surface area contributed by atoms with E-state index in [9.17, 15) is 0 Å². The molecule has 0 spiro atoms. The van der Waals surface area contributed by atoms with Gasteiger partial charge in [-0.2, -0.15) is 0 Å². The summed E-state index contributed by atoms with van der Waals surface area (Å²) in [5.74, 6) is 0. The van der Waals surface area contributed by atoms with Crippen molar-refractivity contribution in [3.05, 3.63) is 97.2 Å². The Morgan fingerprint density at radius 2 is 1.60 bits per heavy atom. The van der Waals surface area contributed by atoms with Crippen molar-refractivity contribution in [3.63, 3.8) is 0 Å². The van der Waals surface area contributed by atoms with Gasteiger partial charge in [0.25, 0.3) is 0 Å². The molecule has 4 rings (SSSR count). The third-order valence-corrected chi connectivity index (χ3v) is 4.51. The van der Waals surface area contributed by atoms with Crippen molar-refractivity contribution >= 4 is 27.4 Å². The maximum absolute atomic E-state index is 4.28. The molecule has 0 amide bonds. The molecule has 1 heterocycles. The van der Waals surface area contributed by atoms with Gasteiger partial charge in [0, 0.05) is 29.1 Å². The highest BCUT2D eigenvalue weighted by atomic mass is 15.0. The van der Waals surface area contributed by atoms with Crippen molar-refractivity contribution in [1.82, 2.24) is 9.88 Å². The van der Waals surface area contributed by atoms with Crippen LogP contribution in [0.2, 0.25) is 0 Å². The molecule has 0 saturated heterocycles. The summed E-state index contributed by atoms with van der Waals surface area (Å²) in [6, 6.07) is 25.5. The SMILES string of the molecule is C=C(/C=C\NC)c1cccc2c3ccccc3n(-c3ccccc3)c12. The Kier molecular flexibility index (Phi) is 3.87. The zero-order chi connectivity index (χ0) is 17.2. The Morgan fingerprint density at radius 1 is 0.880 bits per heavy atom. The van der Waals surface area contributed by atoms with Crippen LogP contribution in [-0.2, 0) is 0 Å². The molecule has 1 aromatic heterocycles. The molecular formula is C23H20N2. The van der Waals surface area contributed by atoms with Gasteiger partial charge in [0.05, 0.1) is 11.0 Å². The molecule has 0 aliphatic rings. The lowest BCUT2D eigenvalue weighted by Crippen LogP contribution is -1.96. The van der Waals surface area contributed by atoms with E-state index in [1.54, 1.807) is 0 Å². The van der Waals surface area contributed by atoms with Crippen molar-refractivity contribution in [2.24, 2.45) is 0 Å². The van der Waals surface area contributed by atoms with Crippen LogP contribution < -0.4 is 5.32 Å². The molecule has 0 unspecified atom stereocenters. The van der Waals surface area contributed by atoms with E-state index in [2.05, 4.69) is 83.2 Å². The predicted molar refractivity (Wildman–Crippen MR) is 108 cm³/mol. The van der Waals surface area contributed by atoms with Crippen LogP contribution in [0.15, 0.2) is 91.7 Å². The number of aromatic nitrogens is 1. The van der Waals surface area contributed by atoms with Crippen LogP contribution in [0.25, 0.3) is 33.1 Å². The molecular weight excluding hydrogens is 304 g/mol. The molecule has 0 aliphatic heterocycles. The van der Waals surface area contributed by atoms with Crippen molar-refractivity contribution in [2.45, 2.75) is 0 Å². The van der Waals surface area contributed by atoms with Gasteiger partial charge in [-0.3, -0.25) is 0 Å². The topological polar surface area (TPSA) is 17.0 Å². The zero-order valence-electron chi connectivity index (χ0n) is 14.2. The molecule has 2 heteroatoms. The highest BCUT2D eigenvalue weighted by molar-refractivity contribution is 6.12. The summed E-state index contributed by atoms with van der Waals surface area (Å²) in [7, 11) is 1.89. The number of benzene rings is 3. The quantitative estimate of drug-likeness (QED) is 0.488. The maximum atomic E-state index is 4.28. The van der Waals surface area contributed by atoms with Gasteiger partial charge in [-0.15, -0.1) is 0 Å². The summed E-state index contributed by atoms with van der Waals surface area (Å²) >= 11 is 0. The summed E-state index contributed by atoms with van der Waals surface area (Å²) in [6.45, 7) is 4.28. The molecule has 122 valence electrons. The first kappa shape index (κ1) is 15.3. The number of hydrogen-bond acceptors (Lipinski definition) is 1. The smallest absolute Gasteiger partial charge is 0.0619 e. The number of nitrogens with zero attached hydrogens (tertiary/aromatic N) is 1. The lowest BCUT2D eigenvalue weighted by Gasteiger charge is -2.11. The number of fused-ring (bicyclic) bond motifs is 3. The van der Waals surface area contributed by atoms with E-state index in [-0.39, 0.29) is 0 Å². The van der Waals surface area contributed by atoms with Crippen LogP contribution >= 0.6 is 0 Å². The fraction of sp³-hybridized carbons (Fsp3) is 0.0435. The zero-order valence-corrected chi connectivity index (χ0v) is 14.2. The van der Waals surface area contributed by atoms with Crippen molar-refractivity contribution in [2.75, 3.05) is 7.05 Å². The van der Waals surface area contributed by atoms with Crippen molar-refractivity contribution in [3.8, 4) is 5.69 Å². The van der Waals surface area contributed by atoms with Crippen LogP contribution in [0, 0.1) is 0 Å². The van der Waals surface area contributed by atoms with Crippen LogP contribution in [-0.4, -0.2) is 11.6 Å². The average Bonchev–Trinajstić information content (AvgIpc) is 3.01. The van der Waals surface area contributed by atoms with E-state index in [1.807, 2.05) is 25.4 Å². The van der Waals surface area contributed by atoms with E-state index >= 15 is 0 Å². The number of para-hydroxylation sites is 3. The Bertz CT molecular complexity index is 1090. The Hall–Kier alpha value is -3.26. The highest BCUT2D eigenvalue weighted by Crippen LogP contribution is 2.36. The van der Waals surface area contributed by atoms with Crippen molar-refractivity contribution < 1.29 is 0 Å². The molecule has 2 nitrogen and oxygen atoms in total. The standard InChI is InChI=1S/C23H20N2/c1-17(15-16-24-2)19-12-8-13-21-20-11-6-7-14-22(20)25(23(19)21)18-9-4-3-5-10-18/h3-16,24H,1H2,2H3/b16-15-. The van der Waals surface area contributed by atoms with Gasteiger partial charge < -0.3 is 9.88 Å². The first-order valence-electron chi connectivity index (χ1n) is 8.42. The van der Waals surface area contributed by atoms with Crippen LogP contribution in [0.3, 0.4) is 0 Å². The van der Waals surface area contributed by atoms with Crippen LogP contribution in [0.4, 0.5) is 0 Å². The van der Waals surface area contributed by atoms with Gasteiger partial charge in [0.15, 0.2) is 0 Å². The second-order valence-electron chi connectivity index (χ2n) is 6.04. The fourth-order valence-corrected chi connectivity index (χ4v) is 3.40. The first-order valence-corrected chi connectivity index (χ1v) is 8.42.